The molecule has 1 aliphatic heterocycles. The number of hydrogen-bond donors (Lipinski definition) is 2. The minimum atomic E-state index is -2.52. The van der Waals surface area contributed by atoms with Crippen molar-refractivity contribution < 1.29 is 8.78 Å². The number of aromatic nitrogens is 2. The molecule has 0 radical (unpaired) electrons. The van der Waals surface area contributed by atoms with Gasteiger partial charge >= 0.3 is 0 Å². The standard InChI is InChI=1S/C14H15F2N3/c15-14(16)13-6-12(18-19-13)11-8-17-7-10(11)9-4-2-1-3-5-9/h1-6,10-11,14,17H,7-8H2,(H,18,19)/t10-,11-/m1/s1. The van der Waals surface area contributed by atoms with E-state index in [1.807, 2.05) is 18.2 Å². The number of halogens is 2. The van der Waals surface area contributed by atoms with Gasteiger partial charge in [-0.25, -0.2) is 8.78 Å². The van der Waals surface area contributed by atoms with Crippen molar-refractivity contribution in [3.63, 3.8) is 0 Å². The van der Waals surface area contributed by atoms with Crippen molar-refractivity contribution in [1.29, 1.82) is 0 Å². The average molecular weight is 263 g/mol. The van der Waals surface area contributed by atoms with Crippen molar-refractivity contribution in [2.24, 2.45) is 0 Å². The zero-order valence-electron chi connectivity index (χ0n) is 10.3. The number of alkyl halides is 2. The molecule has 1 aliphatic rings. The molecule has 0 unspecified atom stereocenters. The highest BCUT2D eigenvalue weighted by Gasteiger charge is 2.31. The second-order valence-electron chi connectivity index (χ2n) is 4.83. The highest BCUT2D eigenvalue weighted by Crippen LogP contribution is 2.35. The lowest BCUT2D eigenvalue weighted by atomic mass is 9.87. The molecule has 0 aliphatic carbocycles. The molecular weight excluding hydrogens is 248 g/mol. The molecule has 5 heteroatoms. The van der Waals surface area contributed by atoms with Crippen LogP contribution in [0.25, 0.3) is 0 Å². The molecule has 3 nitrogen and oxygen atoms in total. The van der Waals surface area contributed by atoms with E-state index < -0.39 is 6.43 Å². The SMILES string of the molecule is FC(F)c1cc([C@@H]2CNC[C@@H]2c2ccccc2)[nH]n1. The summed E-state index contributed by atoms with van der Waals surface area (Å²) in [6.45, 7) is 1.64. The molecule has 0 amide bonds. The van der Waals surface area contributed by atoms with Gasteiger partial charge in [-0.15, -0.1) is 0 Å². The van der Waals surface area contributed by atoms with Crippen LogP contribution in [0.3, 0.4) is 0 Å². The van der Waals surface area contributed by atoms with Gasteiger partial charge in [0.2, 0.25) is 0 Å². The van der Waals surface area contributed by atoms with Crippen LogP contribution in [0.4, 0.5) is 8.78 Å². The largest absolute Gasteiger partial charge is 0.315 e. The lowest BCUT2D eigenvalue weighted by Gasteiger charge is -2.17. The first-order valence-electron chi connectivity index (χ1n) is 6.34. The van der Waals surface area contributed by atoms with Gasteiger partial charge in [0.1, 0.15) is 5.69 Å². The normalized spacial score (nSPS) is 23.1. The molecule has 1 fully saturated rings. The molecule has 2 aromatic rings. The second-order valence-corrected chi connectivity index (χ2v) is 4.83. The van der Waals surface area contributed by atoms with Gasteiger partial charge in [0.15, 0.2) is 0 Å². The Bertz CT molecular complexity index is 539. The first-order chi connectivity index (χ1) is 9.25. The van der Waals surface area contributed by atoms with Gasteiger partial charge in [-0.3, -0.25) is 5.10 Å². The average Bonchev–Trinajstić information content (AvgIpc) is 3.08. The van der Waals surface area contributed by atoms with E-state index >= 15 is 0 Å². The molecule has 0 spiro atoms. The highest BCUT2D eigenvalue weighted by molar-refractivity contribution is 5.28. The van der Waals surface area contributed by atoms with Crippen molar-refractivity contribution in [2.45, 2.75) is 18.3 Å². The number of nitrogens with one attached hydrogen (secondary N) is 2. The van der Waals surface area contributed by atoms with E-state index in [-0.39, 0.29) is 11.6 Å². The third-order valence-corrected chi connectivity index (χ3v) is 3.68. The molecule has 1 aromatic heterocycles. The number of nitrogens with zero attached hydrogens (tertiary/aromatic N) is 1. The van der Waals surface area contributed by atoms with Crippen LogP contribution in [0.5, 0.6) is 0 Å². The van der Waals surface area contributed by atoms with E-state index in [4.69, 9.17) is 0 Å². The Balaban J connectivity index is 1.86. The minimum Gasteiger partial charge on any atom is -0.315 e. The Morgan fingerprint density at radius 3 is 2.53 bits per heavy atom. The Hall–Kier alpha value is -1.75. The first-order valence-corrected chi connectivity index (χ1v) is 6.34. The summed E-state index contributed by atoms with van der Waals surface area (Å²) in [6, 6.07) is 11.6. The molecule has 2 N–H and O–H groups in total. The third kappa shape index (κ3) is 2.38. The summed E-state index contributed by atoms with van der Waals surface area (Å²) in [4.78, 5) is 0. The molecule has 2 heterocycles. The van der Waals surface area contributed by atoms with E-state index in [2.05, 4.69) is 27.6 Å². The Labute approximate surface area is 110 Å². The molecule has 1 saturated heterocycles. The van der Waals surface area contributed by atoms with Crippen molar-refractivity contribution in [3.05, 3.63) is 53.3 Å². The predicted octanol–water partition coefficient (Wildman–Crippen LogP) is 2.82. The van der Waals surface area contributed by atoms with Crippen LogP contribution in [0.15, 0.2) is 36.4 Å². The first kappa shape index (κ1) is 12.3. The fourth-order valence-electron chi connectivity index (χ4n) is 2.71. The number of rotatable bonds is 3. The van der Waals surface area contributed by atoms with Crippen LogP contribution < -0.4 is 5.32 Å². The van der Waals surface area contributed by atoms with E-state index in [1.165, 1.54) is 11.6 Å². The fourth-order valence-corrected chi connectivity index (χ4v) is 2.71. The van der Waals surface area contributed by atoms with Crippen molar-refractivity contribution in [1.82, 2.24) is 15.5 Å². The van der Waals surface area contributed by atoms with Gasteiger partial charge in [0, 0.05) is 30.6 Å². The molecule has 19 heavy (non-hydrogen) atoms. The molecule has 0 bridgehead atoms. The van der Waals surface area contributed by atoms with Crippen LogP contribution in [-0.4, -0.2) is 23.3 Å². The number of H-pyrrole nitrogens is 1. The number of hydrogen-bond acceptors (Lipinski definition) is 2. The van der Waals surface area contributed by atoms with Gasteiger partial charge in [0.25, 0.3) is 6.43 Å². The van der Waals surface area contributed by atoms with Crippen LogP contribution in [-0.2, 0) is 0 Å². The Morgan fingerprint density at radius 1 is 1.11 bits per heavy atom. The zero-order chi connectivity index (χ0) is 13.2. The Kier molecular flexibility index (Phi) is 3.29. The molecular formula is C14H15F2N3. The minimum absolute atomic E-state index is 0.169. The maximum absolute atomic E-state index is 12.6. The van der Waals surface area contributed by atoms with Gasteiger partial charge in [0.05, 0.1) is 0 Å². The maximum atomic E-state index is 12.6. The van der Waals surface area contributed by atoms with Gasteiger partial charge in [-0.1, -0.05) is 30.3 Å². The smallest absolute Gasteiger partial charge is 0.282 e. The predicted molar refractivity (Wildman–Crippen MR) is 68.3 cm³/mol. The lowest BCUT2D eigenvalue weighted by molar-refractivity contribution is 0.146. The van der Waals surface area contributed by atoms with E-state index in [0.29, 0.717) is 5.92 Å². The molecule has 100 valence electrons. The zero-order valence-corrected chi connectivity index (χ0v) is 10.3. The third-order valence-electron chi connectivity index (χ3n) is 3.68. The Morgan fingerprint density at radius 2 is 1.84 bits per heavy atom. The molecule has 3 rings (SSSR count). The quantitative estimate of drug-likeness (QED) is 0.894. The van der Waals surface area contributed by atoms with E-state index in [1.54, 1.807) is 0 Å². The monoisotopic (exact) mass is 263 g/mol. The number of benzene rings is 1. The number of aromatic amines is 1. The van der Waals surface area contributed by atoms with Crippen molar-refractivity contribution in [3.8, 4) is 0 Å². The summed E-state index contributed by atoms with van der Waals surface area (Å²) in [6.07, 6.45) is -2.52. The lowest BCUT2D eigenvalue weighted by Crippen LogP contribution is -2.09. The van der Waals surface area contributed by atoms with Crippen molar-refractivity contribution >= 4 is 0 Å². The van der Waals surface area contributed by atoms with Crippen molar-refractivity contribution in [2.75, 3.05) is 13.1 Å². The molecule has 2 atom stereocenters. The van der Waals surface area contributed by atoms with Gasteiger partial charge < -0.3 is 5.32 Å². The second kappa shape index (κ2) is 5.09. The summed E-state index contributed by atoms with van der Waals surface area (Å²) in [5, 5.41) is 9.77. The fraction of sp³-hybridized carbons (Fsp3) is 0.357. The molecule has 0 saturated carbocycles. The summed E-state index contributed by atoms with van der Waals surface area (Å²) >= 11 is 0. The van der Waals surface area contributed by atoms with Gasteiger partial charge in [-0.2, -0.15) is 5.10 Å². The topological polar surface area (TPSA) is 40.7 Å². The van der Waals surface area contributed by atoms with E-state index in [9.17, 15) is 8.78 Å². The van der Waals surface area contributed by atoms with Crippen LogP contribution >= 0.6 is 0 Å². The van der Waals surface area contributed by atoms with Crippen LogP contribution in [0, 0.1) is 0 Å². The summed E-state index contributed by atoms with van der Waals surface area (Å²) in [5.74, 6) is 0.467. The van der Waals surface area contributed by atoms with E-state index in [0.717, 1.165) is 18.8 Å². The van der Waals surface area contributed by atoms with Gasteiger partial charge in [-0.05, 0) is 11.6 Å². The highest BCUT2D eigenvalue weighted by atomic mass is 19.3. The molecule has 1 aromatic carbocycles. The van der Waals surface area contributed by atoms with Crippen LogP contribution in [0.1, 0.15) is 35.2 Å². The summed E-state index contributed by atoms with van der Waals surface area (Å²) in [7, 11) is 0. The maximum Gasteiger partial charge on any atom is 0.282 e. The summed E-state index contributed by atoms with van der Waals surface area (Å²) < 4.78 is 25.2. The summed E-state index contributed by atoms with van der Waals surface area (Å²) in [5.41, 5.74) is 1.84. The van der Waals surface area contributed by atoms with Crippen LogP contribution in [0.2, 0.25) is 0 Å².